The number of carbonyl (C=O) groups excluding carboxylic acids is 1. The van der Waals surface area contributed by atoms with Gasteiger partial charge in [-0.1, -0.05) is 0 Å². The fourth-order valence-corrected chi connectivity index (χ4v) is 3.85. The van der Waals surface area contributed by atoms with Gasteiger partial charge in [0, 0.05) is 38.4 Å². The Labute approximate surface area is 165 Å². The van der Waals surface area contributed by atoms with Gasteiger partial charge in [-0.2, -0.15) is 0 Å². The summed E-state index contributed by atoms with van der Waals surface area (Å²) in [5.74, 6) is 2.33. The molecule has 8 nitrogen and oxygen atoms in total. The zero-order valence-electron chi connectivity index (χ0n) is 16.8. The molecule has 2 aromatic heterocycles. The normalized spacial score (nSPS) is 19.4. The van der Waals surface area contributed by atoms with Crippen LogP contribution in [0.15, 0.2) is 24.4 Å². The van der Waals surface area contributed by atoms with E-state index in [1.165, 1.54) is 0 Å². The highest BCUT2D eigenvalue weighted by Gasteiger charge is 2.28. The zero-order chi connectivity index (χ0) is 19.7. The Hall–Kier alpha value is -2.74. The van der Waals surface area contributed by atoms with Crippen molar-refractivity contribution in [2.45, 2.75) is 25.8 Å². The van der Waals surface area contributed by atoms with E-state index in [-0.39, 0.29) is 6.03 Å². The maximum absolute atomic E-state index is 13.0. The van der Waals surface area contributed by atoms with E-state index in [0.29, 0.717) is 24.2 Å². The molecule has 150 valence electrons. The van der Waals surface area contributed by atoms with Gasteiger partial charge in [0.25, 0.3) is 0 Å². The van der Waals surface area contributed by atoms with Crippen LogP contribution < -0.4 is 20.4 Å². The van der Waals surface area contributed by atoms with Gasteiger partial charge in [0.05, 0.1) is 5.69 Å². The summed E-state index contributed by atoms with van der Waals surface area (Å²) in [5.41, 5.74) is 1.99. The number of anilines is 4. The standard InChI is InChI=1S/C20H29N7O/c1-14-11-17(22-12-14)23-20(28)27-9-4-8-21-16-5-6-18(24-19(16)27)26-10-7-15(13-26)25(2)3/h5-6,11-12,15,21-22H,4,7-10,13H2,1-3H3,(H,23,28)/t15-/m0/s1. The highest BCUT2D eigenvalue weighted by molar-refractivity contribution is 6.02. The highest BCUT2D eigenvalue weighted by Crippen LogP contribution is 2.31. The summed E-state index contributed by atoms with van der Waals surface area (Å²) in [7, 11) is 4.24. The number of nitrogens with zero attached hydrogens (tertiary/aromatic N) is 4. The molecule has 1 fully saturated rings. The minimum Gasteiger partial charge on any atom is -0.382 e. The number of hydrogen-bond acceptors (Lipinski definition) is 5. The van der Waals surface area contributed by atoms with Crippen LogP contribution in [0, 0.1) is 6.92 Å². The first-order valence-electron chi connectivity index (χ1n) is 9.91. The van der Waals surface area contributed by atoms with Gasteiger partial charge < -0.3 is 20.1 Å². The van der Waals surface area contributed by atoms with Crippen molar-refractivity contribution in [2.24, 2.45) is 0 Å². The molecule has 4 heterocycles. The first kappa shape index (κ1) is 18.6. The van der Waals surface area contributed by atoms with Crippen LogP contribution in [0.25, 0.3) is 0 Å². The van der Waals surface area contributed by atoms with Gasteiger partial charge in [0.2, 0.25) is 0 Å². The Kier molecular flexibility index (Phi) is 5.13. The second-order valence-electron chi connectivity index (χ2n) is 7.85. The van der Waals surface area contributed by atoms with Crippen molar-refractivity contribution in [3.05, 3.63) is 30.0 Å². The van der Waals surface area contributed by atoms with E-state index in [0.717, 1.165) is 49.5 Å². The lowest BCUT2D eigenvalue weighted by atomic mass is 10.2. The molecule has 2 amide bonds. The number of carbonyl (C=O) groups is 1. The first-order chi connectivity index (χ1) is 13.5. The van der Waals surface area contributed by atoms with Gasteiger partial charge in [-0.15, -0.1) is 0 Å². The lowest BCUT2D eigenvalue weighted by Crippen LogP contribution is -2.36. The van der Waals surface area contributed by atoms with Crippen molar-refractivity contribution in [3.8, 4) is 0 Å². The predicted octanol–water partition coefficient (Wildman–Crippen LogP) is 2.71. The fourth-order valence-electron chi connectivity index (χ4n) is 3.85. The number of hydrogen-bond donors (Lipinski definition) is 3. The largest absolute Gasteiger partial charge is 0.382 e. The second-order valence-corrected chi connectivity index (χ2v) is 7.85. The topological polar surface area (TPSA) is 79.5 Å². The van der Waals surface area contributed by atoms with Gasteiger partial charge in [0.15, 0.2) is 5.82 Å². The molecule has 1 saturated heterocycles. The summed E-state index contributed by atoms with van der Waals surface area (Å²) in [6.07, 6.45) is 3.87. The van der Waals surface area contributed by atoms with E-state index in [1.54, 1.807) is 4.90 Å². The molecule has 0 saturated carbocycles. The number of H-pyrrole nitrogens is 1. The molecule has 1 atom stereocenters. The summed E-state index contributed by atoms with van der Waals surface area (Å²) in [6.45, 7) is 5.38. The predicted molar refractivity (Wildman–Crippen MR) is 114 cm³/mol. The van der Waals surface area contributed by atoms with Crippen LogP contribution >= 0.6 is 0 Å². The van der Waals surface area contributed by atoms with Gasteiger partial charge >= 0.3 is 6.03 Å². The van der Waals surface area contributed by atoms with Crippen molar-refractivity contribution in [1.82, 2.24) is 14.9 Å². The monoisotopic (exact) mass is 383 g/mol. The zero-order valence-corrected chi connectivity index (χ0v) is 16.8. The molecule has 4 rings (SSSR count). The van der Waals surface area contributed by atoms with Crippen molar-refractivity contribution >= 4 is 29.2 Å². The fraction of sp³-hybridized carbons (Fsp3) is 0.500. The number of pyridine rings is 1. The number of likely N-dealkylation sites (N-methyl/N-ethyl adjacent to an activating group) is 1. The second kappa shape index (κ2) is 7.71. The molecule has 2 aliphatic rings. The van der Waals surface area contributed by atoms with E-state index >= 15 is 0 Å². The van der Waals surface area contributed by atoms with E-state index < -0.39 is 0 Å². The van der Waals surface area contributed by atoms with E-state index in [4.69, 9.17) is 4.98 Å². The molecule has 0 unspecified atom stereocenters. The Morgan fingerprint density at radius 2 is 2.18 bits per heavy atom. The molecule has 3 N–H and O–H groups in total. The van der Waals surface area contributed by atoms with Gasteiger partial charge in [-0.3, -0.25) is 10.2 Å². The molecular formula is C20H29N7O. The minimum absolute atomic E-state index is 0.163. The smallest absolute Gasteiger partial charge is 0.328 e. The number of fused-ring (bicyclic) bond motifs is 1. The molecule has 2 aliphatic heterocycles. The van der Waals surface area contributed by atoms with Gasteiger partial charge in [-0.05, 0) is 57.6 Å². The molecule has 0 radical (unpaired) electrons. The third-order valence-corrected chi connectivity index (χ3v) is 5.52. The Morgan fingerprint density at radius 3 is 2.89 bits per heavy atom. The number of nitrogens with one attached hydrogen (secondary N) is 3. The quantitative estimate of drug-likeness (QED) is 0.759. The maximum Gasteiger partial charge on any atom is 0.328 e. The molecule has 0 aromatic carbocycles. The van der Waals surface area contributed by atoms with E-state index in [9.17, 15) is 4.79 Å². The average molecular weight is 384 g/mol. The van der Waals surface area contributed by atoms with Crippen molar-refractivity contribution in [3.63, 3.8) is 0 Å². The third-order valence-electron chi connectivity index (χ3n) is 5.52. The Balaban J connectivity index is 1.58. The van der Waals surface area contributed by atoms with Crippen LogP contribution in [-0.4, -0.2) is 67.2 Å². The SMILES string of the molecule is Cc1c[nH]c(NC(=O)N2CCCNc3ccc(N4CC[C@H](N(C)C)C4)nc32)c1. The van der Waals surface area contributed by atoms with Crippen LogP contribution in [-0.2, 0) is 0 Å². The lowest BCUT2D eigenvalue weighted by Gasteiger charge is -2.25. The molecule has 0 aliphatic carbocycles. The molecular weight excluding hydrogens is 354 g/mol. The van der Waals surface area contributed by atoms with Gasteiger partial charge in [0.1, 0.15) is 11.6 Å². The molecule has 2 aromatic rings. The van der Waals surface area contributed by atoms with Gasteiger partial charge in [-0.25, -0.2) is 9.78 Å². The first-order valence-corrected chi connectivity index (χ1v) is 9.91. The number of urea groups is 1. The van der Waals surface area contributed by atoms with E-state index in [1.807, 2.05) is 25.3 Å². The molecule has 0 spiro atoms. The average Bonchev–Trinajstić information content (AvgIpc) is 3.26. The number of amides is 2. The number of aryl methyl sites for hydroxylation is 1. The maximum atomic E-state index is 13.0. The summed E-state index contributed by atoms with van der Waals surface area (Å²) in [6, 6.07) is 6.40. The Morgan fingerprint density at radius 1 is 1.32 bits per heavy atom. The number of aromatic nitrogens is 2. The lowest BCUT2D eigenvalue weighted by molar-refractivity contribution is 0.256. The van der Waals surface area contributed by atoms with Crippen LogP contribution in [0.3, 0.4) is 0 Å². The third kappa shape index (κ3) is 3.77. The van der Waals surface area contributed by atoms with E-state index in [2.05, 4.69) is 45.6 Å². The summed E-state index contributed by atoms with van der Waals surface area (Å²) in [5, 5.41) is 6.36. The van der Waals surface area contributed by atoms with Crippen LogP contribution in [0.1, 0.15) is 18.4 Å². The minimum atomic E-state index is -0.163. The van der Waals surface area contributed by atoms with Crippen LogP contribution in [0.5, 0.6) is 0 Å². The van der Waals surface area contributed by atoms with Crippen molar-refractivity contribution in [2.75, 3.05) is 60.7 Å². The molecule has 8 heteroatoms. The van der Waals surface area contributed by atoms with Crippen molar-refractivity contribution in [1.29, 1.82) is 0 Å². The summed E-state index contributed by atoms with van der Waals surface area (Å²) < 4.78 is 0. The highest BCUT2D eigenvalue weighted by atomic mass is 16.2. The van der Waals surface area contributed by atoms with Crippen molar-refractivity contribution < 1.29 is 4.79 Å². The van der Waals surface area contributed by atoms with Crippen LogP contribution in [0.4, 0.5) is 27.9 Å². The summed E-state index contributed by atoms with van der Waals surface area (Å²) >= 11 is 0. The Bertz CT molecular complexity index is 847. The molecule has 28 heavy (non-hydrogen) atoms. The number of rotatable bonds is 3. The number of aromatic amines is 1. The van der Waals surface area contributed by atoms with Crippen LogP contribution in [0.2, 0.25) is 0 Å². The summed E-state index contributed by atoms with van der Waals surface area (Å²) in [4.78, 5) is 27.3. The molecule has 0 bridgehead atoms.